The quantitative estimate of drug-likeness (QED) is 0.0525. The number of hydrogen-bond acceptors (Lipinski definition) is 3. The van der Waals surface area contributed by atoms with Crippen molar-refractivity contribution in [2.45, 2.75) is 206 Å². The maximum absolute atomic E-state index is 12.3. The number of amides is 1. The van der Waals surface area contributed by atoms with Gasteiger partial charge in [0.2, 0.25) is 5.91 Å². The molecule has 0 aromatic carbocycles. The first-order valence-electron chi connectivity index (χ1n) is 18.6. The number of rotatable bonds is 33. The Labute approximate surface area is 262 Å². The summed E-state index contributed by atoms with van der Waals surface area (Å²) in [5, 5.41) is 22.8. The van der Waals surface area contributed by atoms with E-state index in [0.29, 0.717) is 6.42 Å². The monoisotopic (exact) mass is 592 g/mol. The molecule has 0 spiro atoms. The summed E-state index contributed by atoms with van der Waals surface area (Å²) < 4.78 is 0. The topological polar surface area (TPSA) is 69.6 Å². The second-order valence-electron chi connectivity index (χ2n) is 12.6. The van der Waals surface area contributed by atoms with Crippen LogP contribution in [0.4, 0.5) is 0 Å². The van der Waals surface area contributed by atoms with Crippen LogP contribution in [0.25, 0.3) is 0 Å². The first-order chi connectivity index (χ1) is 20.7. The zero-order valence-electron chi connectivity index (χ0n) is 28.3. The van der Waals surface area contributed by atoms with E-state index in [1.807, 2.05) is 6.08 Å². The van der Waals surface area contributed by atoms with Crippen LogP contribution in [0, 0.1) is 0 Å². The van der Waals surface area contributed by atoms with Crippen molar-refractivity contribution in [1.29, 1.82) is 0 Å². The third-order valence-electron chi connectivity index (χ3n) is 8.43. The summed E-state index contributed by atoms with van der Waals surface area (Å²) in [5.41, 5.74) is 0. The minimum Gasteiger partial charge on any atom is -0.394 e. The molecule has 3 N–H and O–H groups in total. The van der Waals surface area contributed by atoms with Crippen molar-refractivity contribution in [1.82, 2.24) is 5.32 Å². The molecule has 0 saturated heterocycles. The molecule has 0 heterocycles. The van der Waals surface area contributed by atoms with Gasteiger partial charge in [-0.2, -0.15) is 0 Å². The van der Waals surface area contributed by atoms with Gasteiger partial charge in [0.25, 0.3) is 0 Å². The largest absolute Gasteiger partial charge is 0.394 e. The molecule has 0 aromatic heterocycles. The lowest BCUT2D eigenvalue weighted by molar-refractivity contribution is -0.123. The van der Waals surface area contributed by atoms with Gasteiger partial charge < -0.3 is 15.5 Å². The molecule has 42 heavy (non-hydrogen) atoms. The van der Waals surface area contributed by atoms with Crippen LogP contribution >= 0.6 is 0 Å². The smallest absolute Gasteiger partial charge is 0.220 e. The Kier molecular flexibility index (Phi) is 33.4. The zero-order valence-corrected chi connectivity index (χ0v) is 28.3. The Morgan fingerprint density at radius 3 is 1.31 bits per heavy atom. The predicted octanol–water partition coefficient (Wildman–Crippen LogP) is 10.9. The number of hydrogen-bond donors (Lipinski definition) is 3. The third-order valence-corrected chi connectivity index (χ3v) is 8.43. The fourth-order valence-electron chi connectivity index (χ4n) is 5.52. The number of aliphatic hydroxyl groups excluding tert-OH is 2. The minimum atomic E-state index is -0.833. The maximum atomic E-state index is 12.3. The van der Waals surface area contributed by atoms with Crippen molar-refractivity contribution >= 4 is 5.91 Å². The SMILES string of the molecule is CCCCCCCC/C=C/CCCCCCCCCCCCCC(=O)N[C@@H](CO)[C@H](O)/C=C/CCCCCCCCC. The molecule has 4 heteroatoms. The lowest BCUT2D eigenvalue weighted by Crippen LogP contribution is -2.45. The molecule has 4 nitrogen and oxygen atoms in total. The average molecular weight is 592 g/mol. The summed E-state index contributed by atoms with van der Waals surface area (Å²) >= 11 is 0. The molecule has 0 aliphatic heterocycles. The summed E-state index contributed by atoms with van der Waals surface area (Å²) in [7, 11) is 0. The molecule has 0 rings (SSSR count). The van der Waals surface area contributed by atoms with Crippen molar-refractivity contribution in [3.8, 4) is 0 Å². The number of unbranched alkanes of at least 4 members (excludes halogenated alkanes) is 24. The van der Waals surface area contributed by atoms with E-state index in [4.69, 9.17) is 0 Å². The van der Waals surface area contributed by atoms with Crippen LogP contribution in [0.3, 0.4) is 0 Å². The highest BCUT2D eigenvalue weighted by atomic mass is 16.3. The van der Waals surface area contributed by atoms with Gasteiger partial charge >= 0.3 is 0 Å². The van der Waals surface area contributed by atoms with Crippen LogP contribution in [0.1, 0.15) is 194 Å². The fraction of sp³-hybridized carbons (Fsp3) is 0.868. The normalized spacial score (nSPS) is 13.3. The van der Waals surface area contributed by atoms with Gasteiger partial charge in [-0.05, 0) is 44.9 Å². The highest BCUT2D eigenvalue weighted by molar-refractivity contribution is 5.76. The van der Waals surface area contributed by atoms with Crippen LogP contribution in [0.15, 0.2) is 24.3 Å². The third kappa shape index (κ3) is 30.3. The van der Waals surface area contributed by atoms with Gasteiger partial charge in [0.15, 0.2) is 0 Å². The Morgan fingerprint density at radius 2 is 0.905 bits per heavy atom. The van der Waals surface area contributed by atoms with Gasteiger partial charge in [-0.15, -0.1) is 0 Å². The molecule has 0 radical (unpaired) electrons. The second kappa shape index (κ2) is 34.4. The first kappa shape index (κ1) is 40.9. The lowest BCUT2D eigenvalue weighted by Gasteiger charge is -2.20. The fourth-order valence-corrected chi connectivity index (χ4v) is 5.52. The lowest BCUT2D eigenvalue weighted by atomic mass is 10.0. The number of carbonyl (C=O) groups excluding carboxylic acids is 1. The Bertz CT molecular complexity index is 603. The standard InChI is InChI=1S/C38H73NO3/c1-3-5-7-9-11-13-14-15-16-17-18-19-20-21-22-23-24-26-28-30-32-34-38(42)39-36(35-40)37(41)33-31-29-27-25-12-10-8-6-4-2/h15-16,31,33,36-37,40-41H,3-14,17-30,32,34-35H2,1-2H3,(H,39,42)/b16-15+,33-31+/t36-,37+/m0/s1. The van der Waals surface area contributed by atoms with Crippen molar-refractivity contribution < 1.29 is 15.0 Å². The molecule has 0 saturated carbocycles. The predicted molar refractivity (Wildman–Crippen MR) is 184 cm³/mol. The van der Waals surface area contributed by atoms with Crippen LogP contribution in [0.5, 0.6) is 0 Å². The Morgan fingerprint density at radius 1 is 0.548 bits per heavy atom. The molecular weight excluding hydrogens is 518 g/mol. The van der Waals surface area contributed by atoms with Crippen LogP contribution < -0.4 is 5.32 Å². The van der Waals surface area contributed by atoms with Gasteiger partial charge in [0.1, 0.15) is 0 Å². The van der Waals surface area contributed by atoms with E-state index in [1.165, 1.54) is 148 Å². The number of allylic oxidation sites excluding steroid dienone is 3. The molecule has 0 fully saturated rings. The van der Waals surface area contributed by atoms with E-state index in [2.05, 4.69) is 31.3 Å². The first-order valence-corrected chi connectivity index (χ1v) is 18.6. The molecular formula is C38H73NO3. The molecule has 0 bridgehead atoms. The van der Waals surface area contributed by atoms with Gasteiger partial charge in [-0.1, -0.05) is 167 Å². The number of carbonyl (C=O) groups is 1. The summed E-state index contributed by atoms with van der Waals surface area (Å²) in [4.78, 5) is 12.3. The second-order valence-corrected chi connectivity index (χ2v) is 12.6. The van der Waals surface area contributed by atoms with E-state index in [0.717, 1.165) is 25.7 Å². The average Bonchev–Trinajstić information content (AvgIpc) is 2.99. The summed E-state index contributed by atoms with van der Waals surface area (Å²) in [6.45, 7) is 4.27. The van der Waals surface area contributed by atoms with Crippen LogP contribution in [0.2, 0.25) is 0 Å². The molecule has 2 atom stereocenters. The zero-order chi connectivity index (χ0) is 30.8. The van der Waals surface area contributed by atoms with Gasteiger partial charge in [-0.25, -0.2) is 0 Å². The Balaban J connectivity index is 3.53. The number of nitrogens with one attached hydrogen (secondary N) is 1. The summed E-state index contributed by atoms with van der Waals surface area (Å²) in [5.74, 6) is -0.0677. The number of aliphatic hydroxyl groups is 2. The van der Waals surface area contributed by atoms with Crippen LogP contribution in [-0.2, 0) is 4.79 Å². The van der Waals surface area contributed by atoms with Crippen molar-refractivity contribution in [2.75, 3.05) is 6.61 Å². The highest BCUT2D eigenvalue weighted by Crippen LogP contribution is 2.14. The van der Waals surface area contributed by atoms with Crippen molar-refractivity contribution in [3.63, 3.8) is 0 Å². The van der Waals surface area contributed by atoms with E-state index < -0.39 is 12.1 Å². The molecule has 0 aromatic rings. The van der Waals surface area contributed by atoms with E-state index in [1.54, 1.807) is 6.08 Å². The van der Waals surface area contributed by atoms with Crippen molar-refractivity contribution in [2.24, 2.45) is 0 Å². The minimum absolute atomic E-state index is 0.0677. The maximum Gasteiger partial charge on any atom is 0.220 e. The molecule has 248 valence electrons. The van der Waals surface area contributed by atoms with Gasteiger partial charge in [0.05, 0.1) is 18.8 Å². The van der Waals surface area contributed by atoms with Gasteiger partial charge in [-0.3, -0.25) is 4.79 Å². The summed E-state index contributed by atoms with van der Waals surface area (Å²) in [6.07, 6.45) is 42.7. The highest BCUT2D eigenvalue weighted by Gasteiger charge is 2.17. The van der Waals surface area contributed by atoms with Gasteiger partial charge in [0, 0.05) is 6.42 Å². The van der Waals surface area contributed by atoms with E-state index in [9.17, 15) is 15.0 Å². The molecule has 0 aliphatic carbocycles. The van der Waals surface area contributed by atoms with Crippen molar-refractivity contribution in [3.05, 3.63) is 24.3 Å². The van der Waals surface area contributed by atoms with E-state index in [-0.39, 0.29) is 12.5 Å². The summed E-state index contributed by atoms with van der Waals surface area (Å²) in [6, 6.07) is -0.617. The molecule has 1 amide bonds. The van der Waals surface area contributed by atoms with Crippen LogP contribution in [-0.4, -0.2) is 34.9 Å². The van der Waals surface area contributed by atoms with E-state index >= 15 is 0 Å². The molecule has 0 unspecified atom stereocenters. The molecule has 0 aliphatic rings. The Hall–Kier alpha value is -1.13.